The molecule has 1 fully saturated rings. The smallest absolute Gasteiger partial charge is 0.234 e. The van der Waals surface area contributed by atoms with E-state index in [4.69, 9.17) is 23.2 Å². The normalized spacial score (nSPS) is 16.6. The summed E-state index contributed by atoms with van der Waals surface area (Å²) in [6.45, 7) is 2.67. The third kappa shape index (κ3) is 5.56. The molecule has 1 amide bonds. The summed E-state index contributed by atoms with van der Waals surface area (Å²) in [5.41, 5.74) is 0.938. The molecule has 8 heteroatoms. The van der Waals surface area contributed by atoms with Crippen molar-refractivity contribution in [2.75, 3.05) is 38.1 Å². The van der Waals surface area contributed by atoms with Gasteiger partial charge in [0.25, 0.3) is 0 Å². The van der Waals surface area contributed by atoms with E-state index >= 15 is 0 Å². The van der Waals surface area contributed by atoms with Gasteiger partial charge in [0, 0.05) is 31.9 Å². The second kappa shape index (κ2) is 10.0. The number of carbonyl (C=O) groups is 1. The van der Waals surface area contributed by atoms with E-state index in [9.17, 15) is 4.79 Å². The molecule has 1 saturated heterocycles. The Morgan fingerprint density at radius 3 is 2.96 bits per heavy atom. The Morgan fingerprint density at radius 2 is 2.18 bits per heavy atom. The molecule has 6 nitrogen and oxygen atoms in total. The molecule has 3 rings (SSSR count). The number of nitrogens with zero attached hydrogens (tertiary/aromatic N) is 4. The molecule has 1 unspecified atom stereocenters. The third-order valence-corrected chi connectivity index (χ3v) is 5.77. The van der Waals surface area contributed by atoms with Crippen molar-refractivity contribution in [2.45, 2.75) is 25.3 Å². The fourth-order valence-electron chi connectivity index (χ4n) is 3.58. The lowest BCUT2D eigenvalue weighted by Gasteiger charge is -2.28. The van der Waals surface area contributed by atoms with Crippen LogP contribution in [0.2, 0.25) is 10.0 Å². The Hall–Kier alpha value is -1.89. The van der Waals surface area contributed by atoms with Crippen LogP contribution >= 0.6 is 23.2 Å². The number of rotatable bonds is 8. The van der Waals surface area contributed by atoms with Crippen LogP contribution in [0.15, 0.2) is 36.5 Å². The van der Waals surface area contributed by atoms with Crippen molar-refractivity contribution >= 4 is 34.9 Å². The van der Waals surface area contributed by atoms with E-state index in [-0.39, 0.29) is 5.91 Å². The van der Waals surface area contributed by atoms with Gasteiger partial charge >= 0.3 is 0 Å². The molecule has 1 aliphatic rings. The molecule has 0 bridgehead atoms. The maximum absolute atomic E-state index is 12.3. The van der Waals surface area contributed by atoms with Crippen molar-refractivity contribution in [3.8, 4) is 0 Å². The number of benzene rings is 1. The van der Waals surface area contributed by atoms with Crippen molar-refractivity contribution in [2.24, 2.45) is 0 Å². The number of hydrogen-bond donors (Lipinski definition) is 1. The van der Waals surface area contributed by atoms with E-state index in [1.54, 1.807) is 12.3 Å². The van der Waals surface area contributed by atoms with Gasteiger partial charge in [-0.25, -0.2) is 0 Å². The topological polar surface area (TPSA) is 61.4 Å². The number of carbonyl (C=O) groups excluding carboxylic acids is 1. The number of anilines is 1. The summed E-state index contributed by atoms with van der Waals surface area (Å²) in [7, 11) is 1.97. The minimum absolute atomic E-state index is 0.00435. The highest BCUT2D eigenvalue weighted by molar-refractivity contribution is 6.42. The fourth-order valence-corrected chi connectivity index (χ4v) is 3.99. The average molecular weight is 422 g/mol. The fraction of sp³-hybridized carbons (Fsp3) is 0.450. The number of likely N-dealkylation sites (N-methyl/N-ethyl adjacent to an activating group) is 1. The average Bonchev–Trinajstić information content (AvgIpc) is 3.13. The largest absolute Gasteiger partial charge is 0.355 e. The molecular weight excluding hydrogens is 397 g/mol. The maximum atomic E-state index is 12.3. The minimum Gasteiger partial charge on any atom is -0.355 e. The van der Waals surface area contributed by atoms with E-state index in [1.165, 1.54) is 0 Å². The van der Waals surface area contributed by atoms with Crippen LogP contribution < -0.4 is 10.2 Å². The second-order valence-corrected chi connectivity index (χ2v) is 7.87. The van der Waals surface area contributed by atoms with Crippen LogP contribution in [0.3, 0.4) is 0 Å². The zero-order chi connectivity index (χ0) is 19.9. The lowest BCUT2D eigenvalue weighted by molar-refractivity contribution is -0.121. The summed E-state index contributed by atoms with van der Waals surface area (Å²) in [5, 5.41) is 12.2. The van der Waals surface area contributed by atoms with Gasteiger partial charge in [0.1, 0.15) is 0 Å². The molecule has 0 aliphatic carbocycles. The second-order valence-electron chi connectivity index (χ2n) is 7.08. The van der Waals surface area contributed by atoms with Crippen LogP contribution in [0.4, 0.5) is 5.82 Å². The first-order valence-electron chi connectivity index (χ1n) is 9.47. The van der Waals surface area contributed by atoms with Crippen molar-refractivity contribution in [1.29, 1.82) is 0 Å². The molecule has 1 aromatic carbocycles. The summed E-state index contributed by atoms with van der Waals surface area (Å²) in [6, 6.07) is 9.78. The Labute approximate surface area is 175 Å². The van der Waals surface area contributed by atoms with Crippen molar-refractivity contribution < 1.29 is 4.79 Å². The quantitative estimate of drug-likeness (QED) is 0.709. The molecule has 2 aromatic rings. The van der Waals surface area contributed by atoms with Gasteiger partial charge in [0.2, 0.25) is 5.91 Å². The lowest BCUT2D eigenvalue weighted by atomic mass is 10.1. The Bertz CT molecular complexity index is 789. The number of aromatic nitrogens is 2. The predicted octanol–water partition coefficient (Wildman–Crippen LogP) is 3.04. The summed E-state index contributed by atoms with van der Waals surface area (Å²) in [5.74, 6) is 0.908. The molecule has 1 aliphatic heterocycles. The van der Waals surface area contributed by atoms with Crippen molar-refractivity contribution in [3.05, 3.63) is 52.1 Å². The van der Waals surface area contributed by atoms with Crippen LogP contribution in [0.25, 0.3) is 0 Å². The molecule has 1 atom stereocenters. The molecule has 2 heterocycles. The molecule has 28 heavy (non-hydrogen) atoms. The highest BCUT2D eigenvalue weighted by Crippen LogP contribution is 2.25. The van der Waals surface area contributed by atoms with Crippen molar-refractivity contribution in [1.82, 2.24) is 20.4 Å². The zero-order valence-electron chi connectivity index (χ0n) is 15.9. The molecule has 150 valence electrons. The first kappa shape index (κ1) is 20.8. The summed E-state index contributed by atoms with van der Waals surface area (Å²) in [6.07, 6.45) is 4.55. The molecule has 0 saturated carbocycles. The zero-order valence-corrected chi connectivity index (χ0v) is 17.5. The number of nitrogens with one attached hydrogen (secondary N) is 1. The molecular formula is C20H25Cl2N5O. The van der Waals surface area contributed by atoms with Crippen molar-refractivity contribution in [3.63, 3.8) is 0 Å². The van der Waals surface area contributed by atoms with E-state index < -0.39 is 0 Å². The van der Waals surface area contributed by atoms with Gasteiger partial charge in [-0.3, -0.25) is 9.69 Å². The standard InChI is InChI=1S/C20H25Cl2N5O/c1-26(13-16-6-4-12-27(16)18-8-3-10-24-25-18)14-19(28)23-11-9-15-5-2-7-17(21)20(15)22/h2-3,5,7-8,10,16H,4,6,9,11-14H2,1H3,(H,23,28). The molecule has 1 aromatic heterocycles. The van der Waals surface area contributed by atoms with Crippen LogP contribution in [0, 0.1) is 0 Å². The predicted molar refractivity (Wildman–Crippen MR) is 113 cm³/mol. The van der Waals surface area contributed by atoms with E-state index in [1.807, 2.05) is 31.3 Å². The Morgan fingerprint density at radius 1 is 1.32 bits per heavy atom. The van der Waals surface area contributed by atoms with Crippen LogP contribution in [0.1, 0.15) is 18.4 Å². The molecule has 0 spiro atoms. The summed E-state index contributed by atoms with van der Waals surface area (Å²) in [4.78, 5) is 16.6. The van der Waals surface area contributed by atoms with Gasteiger partial charge in [-0.15, -0.1) is 5.10 Å². The van der Waals surface area contributed by atoms with Crippen LogP contribution in [-0.4, -0.2) is 60.3 Å². The highest BCUT2D eigenvalue weighted by atomic mass is 35.5. The van der Waals surface area contributed by atoms with E-state index in [0.29, 0.717) is 35.6 Å². The van der Waals surface area contributed by atoms with Gasteiger partial charge in [0.05, 0.1) is 16.6 Å². The van der Waals surface area contributed by atoms with Gasteiger partial charge in [-0.05, 0) is 50.1 Å². The first-order chi connectivity index (χ1) is 13.5. The van der Waals surface area contributed by atoms with E-state index in [0.717, 1.165) is 37.3 Å². The Kier molecular flexibility index (Phi) is 7.48. The van der Waals surface area contributed by atoms with Gasteiger partial charge in [-0.1, -0.05) is 35.3 Å². The minimum atomic E-state index is 0.00435. The maximum Gasteiger partial charge on any atom is 0.234 e. The third-order valence-electron chi connectivity index (χ3n) is 4.91. The monoisotopic (exact) mass is 421 g/mol. The van der Waals surface area contributed by atoms with Gasteiger partial charge in [0.15, 0.2) is 5.82 Å². The van der Waals surface area contributed by atoms with Gasteiger partial charge in [-0.2, -0.15) is 5.10 Å². The number of amides is 1. The van der Waals surface area contributed by atoms with E-state index in [2.05, 4.69) is 25.3 Å². The molecule has 1 N–H and O–H groups in total. The highest BCUT2D eigenvalue weighted by Gasteiger charge is 2.27. The summed E-state index contributed by atoms with van der Waals surface area (Å²) < 4.78 is 0. The Balaban J connectivity index is 1.43. The summed E-state index contributed by atoms with van der Waals surface area (Å²) >= 11 is 12.2. The SMILES string of the molecule is CN(CC(=O)NCCc1cccc(Cl)c1Cl)CC1CCCN1c1cccnn1. The number of halogens is 2. The number of hydrogen-bond acceptors (Lipinski definition) is 5. The van der Waals surface area contributed by atoms with Crippen LogP contribution in [0.5, 0.6) is 0 Å². The lowest BCUT2D eigenvalue weighted by Crippen LogP contribution is -2.43. The van der Waals surface area contributed by atoms with Gasteiger partial charge < -0.3 is 10.2 Å². The first-order valence-corrected chi connectivity index (χ1v) is 10.2. The molecule has 0 radical (unpaired) electrons. The van der Waals surface area contributed by atoms with Crippen LogP contribution in [-0.2, 0) is 11.2 Å².